The van der Waals surface area contributed by atoms with Gasteiger partial charge in [0.15, 0.2) is 0 Å². The molecule has 0 saturated carbocycles. The first-order valence-electron chi connectivity index (χ1n) is 13.4. The lowest BCUT2D eigenvalue weighted by Crippen LogP contribution is -2.41. The minimum absolute atomic E-state index is 0.0481. The summed E-state index contributed by atoms with van der Waals surface area (Å²) in [4.78, 5) is 0. The van der Waals surface area contributed by atoms with Gasteiger partial charge in [-0.3, -0.25) is 0 Å². The molecule has 0 radical (unpaired) electrons. The highest BCUT2D eigenvalue weighted by Gasteiger charge is 2.53. The van der Waals surface area contributed by atoms with E-state index in [1.807, 2.05) is 0 Å². The molecule has 4 heteroatoms. The molecule has 1 aliphatic heterocycles. The lowest BCUT2D eigenvalue weighted by molar-refractivity contribution is 0.00578. The van der Waals surface area contributed by atoms with Crippen molar-refractivity contribution < 1.29 is 9.31 Å². The van der Waals surface area contributed by atoms with E-state index in [1.54, 1.807) is 0 Å². The first-order chi connectivity index (χ1) is 17.6. The van der Waals surface area contributed by atoms with Crippen LogP contribution in [-0.2, 0) is 14.7 Å². The molecule has 6 rings (SSSR count). The van der Waals surface area contributed by atoms with Crippen LogP contribution >= 0.6 is 7.92 Å². The van der Waals surface area contributed by atoms with Crippen molar-refractivity contribution in [1.82, 2.24) is 0 Å². The summed E-state index contributed by atoms with van der Waals surface area (Å²) < 4.78 is 12.8. The predicted molar refractivity (Wildman–Crippen MR) is 158 cm³/mol. The molecule has 0 bridgehead atoms. The van der Waals surface area contributed by atoms with Gasteiger partial charge in [0.25, 0.3) is 0 Å². The molecule has 3 aromatic rings. The molecule has 2 nitrogen and oxygen atoms in total. The van der Waals surface area contributed by atoms with Crippen molar-refractivity contribution in [2.45, 2.75) is 70.5 Å². The van der Waals surface area contributed by atoms with E-state index >= 15 is 0 Å². The molecule has 3 aromatic carbocycles. The summed E-state index contributed by atoms with van der Waals surface area (Å²) in [6.45, 7) is 13.3. The summed E-state index contributed by atoms with van der Waals surface area (Å²) in [6, 6.07) is 29.3. The van der Waals surface area contributed by atoms with Crippen molar-refractivity contribution in [3.05, 3.63) is 113 Å². The molecule has 0 aromatic heterocycles. The van der Waals surface area contributed by atoms with Gasteiger partial charge in [-0.25, -0.2) is 0 Å². The van der Waals surface area contributed by atoms with E-state index in [2.05, 4.69) is 133 Å². The Morgan fingerprint density at radius 1 is 0.730 bits per heavy atom. The molecule has 1 atom stereocenters. The highest BCUT2D eigenvalue weighted by Crippen LogP contribution is 2.54. The molecule has 1 heterocycles. The van der Waals surface area contributed by atoms with Crippen LogP contribution in [0.4, 0.5) is 0 Å². The lowest BCUT2D eigenvalue weighted by Gasteiger charge is -2.32. The Balaban J connectivity index is 1.38. The molecule has 188 valence electrons. The zero-order valence-corrected chi connectivity index (χ0v) is 23.7. The van der Waals surface area contributed by atoms with Crippen LogP contribution in [0.5, 0.6) is 0 Å². The number of rotatable bonds is 4. The van der Waals surface area contributed by atoms with Crippen LogP contribution in [0.1, 0.15) is 65.0 Å². The fourth-order valence-electron chi connectivity index (χ4n) is 6.06. The molecule has 3 aliphatic rings. The highest BCUT2D eigenvalue weighted by molar-refractivity contribution is 7.79. The molecular formula is C33H36BO2P. The summed E-state index contributed by atoms with van der Waals surface area (Å²) in [5, 5.41) is 4.19. The van der Waals surface area contributed by atoms with Gasteiger partial charge in [0.1, 0.15) is 0 Å². The Bertz CT molecular complexity index is 1330. The number of hydrogen-bond acceptors (Lipinski definition) is 2. The van der Waals surface area contributed by atoms with Crippen molar-refractivity contribution in [1.29, 1.82) is 0 Å². The van der Waals surface area contributed by atoms with Crippen molar-refractivity contribution in [3.63, 3.8) is 0 Å². The average Bonchev–Trinajstić information content (AvgIpc) is 3.25. The summed E-state index contributed by atoms with van der Waals surface area (Å²) >= 11 is 0. The van der Waals surface area contributed by atoms with Crippen LogP contribution in [0.25, 0.3) is 0 Å². The molecule has 1 saturated heterocycles. The van der Waals surface area contributed by atoms with E-state index in [1.165, 1.54) is 38.1 Å². The van der Waals surface area contributed by atoms with E-state index in [0.717, 1.165) is 6.42 Å². The van der Waals surface area contributed by atoms with Gasteiger partial charge in [0.05, 0.1) is 11.2 Å². The maximum absolute atomic E-state index is 6.41. The molecular weight excluding hydrogens is 470 g/mol. The third kappa shape index (κ3) is 4.07. The maximum Gasteiger partial charge on any atom is 0.494 e. The maximum atomic E-state index is 6.41. The largest absolute Gasteiger partial charge is 0.494 e. The molecule has 0 spiro atoms. The quantitative estimate of drug-likeness (QED) is 0.289. The first kappa shape index (κ1) is 24.9. The van der Waals surface area contributed by atoms with Crippen molar-refractivity contribution in [3.8, 4) is 0 Å². The van der Waals surface area contributed by atoms with Crippen LogP contribution in [-0.4, -0.2) is 18.3 Å². The second-order valence-electron chi connectivity index (χ2n) is 12.1. The zero-order valence-electron chi connectivity index (χ0n) is 22.8. The Hall–Kier alpha value is -2.45. The average molecular weight is 506 g/mol. The number of fused-ring (bicyclic) bond motifs is 3. The monoisotopic (exact) mass is 506 g/mol. The van der Waals surface area contributed by atoms with E-state index in [4.69, 9.17) is 9.31 Å². The van der Waals surface area contributed by atoms with E-state index in [-0.39, 0.29) is 23.7 Å². The molecule has 37 heavy (non-hydrogen) atoms. The van der Waals surface area contributed by atoms with Gasteiger partial charge in [0, 0.05) is 11.3 Å². The molecule has 1 fully saturated rings. The van der Waals surface area contributed by atoms with E-state index < -0.39 is 7.92 Å². The third-order valence-corrected chi connectivity index (χ3v) is 11.3. The van der Waals surface area contributed by atoms with E-state index in [9.17, 15) is 0 Å². The van der Waals surface area contributed by atoms with Gasteiger partial charge in [-0.05, 0) is 80.6 Å². The second-order valence-corrected chi connectivity index (χ2v) is 14.3. The molecule has 0 N–H and O–H groups in total. The van der Waals surface area contributed by atoms with Crippen LogP contribution in [0, 0.1) is 0 Å². The Morgan fingerprint density at radius 3 is 1.86 bits per heavy atom. The lowest BCUT2D eigenvalue weighted by atomic mass is 9.69. The Morgan fingerprint density at radius 2 is 1.30 bits per heavy atom. The summed E-state index contributed by atoms with van der Waals surface area (Å²) in [5.74, 6) is 0.421. The van der Waals surface area contributed by atoms with Gasteiger partial charge >= 0.3 is 7.12 Å². The number of benzene rings is 3. The summed E-state index contributed by atoms with van der Waals surface area (Å²) in [7, 11) is -0.933. The third-order valence-electron chi connectivity index (χ3n) is 8.91. The van der Waals surface area contributed by atoms with Gasteiger partial charge < -0.3 is 9.31 Å². The fourth-order valence-corrected chi connectivity index (χ4v) is 8.38. The van der Waals surface area contributed by atoms with Crippen LogP contribution in [0.3, 0.4) is 0 Å². The normalized spacial score (nSPS) is 22.9. The summed E-state index contributed by atoms with van der Waals surface area (Å²) in [6.07, 6.45) is 5.72. The van der Waals surface area contributed by atoms with E-state index in [0.29, 0.717) is 5.92 Å². The second kappa shape index (κ2) is 8.80. The molecule has 0 amide bonds. The van der Waals surface area contributed by atoms with Gasteiger partial charge in [0.2, 0.25) is 0 Å². The first-order valence-corrected chi connectivity index (χ1v) is 14.8. The Labute approximate surface area is 223 Å². The van der Waals surface area contributed by atoms with Crippen LogP contribution in [0.2, 0.25) is 0 Å². The van der Waals surface area contributed by atoms with Crippen molar-refractivity contribution in [2.24, 2.45) is 0 Å². The van der Waals surface area contributed by atoms with Crippen LogP contribution in [0.15, 0.2) is 102 Å². The fraction of sp³-hybridized carbons (Fsp3) is 0.333. The number of allylic oxidation sites excluding steroid dienone is 4. The van der Waals surface area contributed by atoms with Gasteiger partial charge in [-0.15, -0.1) is 0 Å². The Kier molecular flexibility index (Phi) is 5.92. The predicted octanol–water partition coefficient (Wildman–Crippen LogP) is 6.71. The van der Waals surface area contributed by atoms with Crippen molar-refractivity contribution in [2.75, 3.05) is 0 Å². The van der Waals surface area contributed by atoms with Crippen LogP contribution < -0.4 is 15.9 Å². The smallest absolute Gasteiger partial charge is 0.399 e. The zero-order chi connectivity index (χ0) is 26.0. The topological polar surface area (TPSA) is 18.5 Å². The molecule has 1 unspecified atom stereocenters. The molecule has 2 aliphatic carbocycles. The summed E-state index contributed by atoms with van der Waals surface area (Å²) in [5.41, 5.74) is 4.88. The van der Waals surface area contributed by atoms with Gasteiger partial charge in [-0.2, -0.15) is 0 Å². The SMILES string of the molecule is CC1(C)C2=CC(B3OC(C)(C)C(C)(C)O3)=CCC2c2ccc(P(c3ccccc3)c3ccccc3)cc21. The number of hydrogen-bond donors (Lipinski definition) is 0. The highest BCUT2D eigenvalue weighted by atomic mass is 31.1. The van der Waals surface area contributed by atoms with Crippen molar-refractivity contribution >= 4 is 31.0 Å². The minimum atomic E-state index is -0.626. The van der Waals surface area contributed by atoms with Gasteiger partial charge in [-0.1, -0.05) is 104 Å². The standard InChI is InChI=1S/C33H36BO2P/c1-31(2)29-21-23(34-35-32(3,4)33(5,6)36-34)17-19-27(29)28-20-18-26(22-30(28)31)37(24-13-9-7-10-14-24)25-15-11-8-12-16-25/h7-18,20-22,27H,19H2,1-6H3. The minimum Gasteiger partial charge on any atom is -0.399 e.